The van der Waals surface area contributed by atoms with E-state index in [2.05, 4.69) is 46.0 Å². The highest BCUT2D eigenvalue weighted by Crippen LogP contribution is 2.32. The van der Waals surface area contributed by atoms with Crippen LogP contribution in [-0.4, -0.2) is 28.1 Å². The van der Waals surface area contributed by atoms with Crippen molar-refractivity contribution in [1.29, 1.82) is 0 Å². The zero-order valence-corrected chi connectivity index (χ0v) is 13.6. The van der Waals surface area contributed by atoms with Gasteiger partial charge in [0, 0.05) is 5.69 Å². The van der Waals surface area contributed by atoms with E-state index in [0.29, 0.717) is 0 Å². The molecule has 0 aliphatic rings. The normalized spacial score (nSPS) is 10.7. The predicted octanol–water partition coefficient (Wildman–Crippen LogP) is 3.97. The molecule has 1 heterocycles. The molecular formula is C17H17N3OS. The maximum Gasteiger partial charge on any atom is 0.195 e. The smallest absolute Gasteiger partial charge is 0.195 e. The van der Waals surface area contributed by atoms with Gasteiger partial charge in [-0.05, 0) is 37.4 Å². The summed E-state index contributed by atoms with van der Waals surface area (Å²) in [7, 11) is 1.67. The summed E-state index contributed by atoms with van der Waals surface area (Å²) >= 11 is 1.57. The van der Waals surface area contributed by atoms with Crippen LogP contribution in [0.4, 0.5) is 0 Å². The molecule has 0 N–H and O–H groups in total. The Hall–Kier alpha value is -2.27. The van der Waals surface area contributed by atoms with Gasteiger partial charge in [-0.25, -0.2) is 0 Å². The zero-order valence-electron chi connectivity index (χ0n) is 12.8. The minimum absolute atomic E-state index is 0.783. The van der Waals surface area contributed by atoms with Crippen molar-refractivity contribution in [1.82, 2.24) is 14.8 Å². The first-order valence-electron chi connectivity index (χ1n) is 6.94. The topological polar surface area (TPSA) is 39.9 Å². The van der Waals surface area contributed by atoms with Gasteiger partial charge in [-0.15, -0.1) is 10.2 Å². The summed E-state index contributed by atoms with van der Waals surface area (Å²) in [6.45, 7) is 2.08. The Balaban J connectivity index is 2.21. The van der Waals surface area contributed by atoms with Gasteiger partial charge in [0.1, 0.15) is 5.75 Å². The van der Waals surface area contributed by atoms with E-state index >= 15 is 0 Å². The van der Waals surface area contributed by atoms with Crippen LogP contribution in [0, 0.1) is 6.92 Å². The van der Waals surface area contributed by atoms with E-state index in [1.807, 2.05) is 30.5 Å². The zero-order chi connectivity index (χ0) is 15.5. The molecule has 0 aliphatic heterocycles. The molecule has 3 aromatic rings. The van der Waals surface area contributed by atoms with E-state index in [9.17, 15) is 0 Å². The second-order valence-electron chi connectivity index (χ2n) is 4.88. The third kappa shape index (κ3) is 2.60. The molecule has 0 amide bonds. The van der Waals surface area contributed by atoms with Gasteiger partial charge >= 0.3 is 0 Å². The van der Waals surface area contributed by atoms with E-state index in [0.717, 1.165) is 28.0 Å². The third-order valence-corrected chi connectivity index (χ3v) is 4.09. The Labute approximate surface area is 134 Å². The molecule has 0 saturated heterocycles. The molecule has 0 aliphatic carbocycles. The number of methoxy groups -OCH3 is 1. The summed E-state index contributed by atoms with van der Waals surface area (Å²) in [5, 5.41) is 9.53. The largest absolute Gasteiger partial charge is 0.496 e. The summed E-state index contributed by atoms with van der Waals surface area (Å²) in [5.41, 5.74) is 3.19. The standard InChI is InChI=1S/C17H17N3OS/c1-12-8-10-13(11-9-12)20-16(18-19-17(20)22-3)14-6-4-5-7-15(14)21-2/h4-11H,1-3H3. The van der Waals surface area contributed by atoms with Crippen LogP contribution in [0.15, 0.2) is 53.7 Å². The lowest BCUT2D eigenvalue weighted by molar-refractivity contribution is 0.416. The van der Waals surface area contributed by atoms with Crippen molar-refractivity contribution in [3.8, 4) is 22.8 Å². The molecule has 0 fully saturated rings. The Morgan fingerprint density at radius 2 is 1.73 bits per heavy atom. The summed E-state index contributed by atoms with van der Waals surface area (Å²) < 4.78 is 7.52. The Morgan fingerprint density at radius 3 is 2.41 bits per heavy atom. The van der Waals surface area contributed by atoms with Gasteiger partial charge in [0.15, 0.2) is 11.0 Å². The summed E-state index contributed by atoms with van der Waals surface area (Å²) in [6, 6.07) is 16.2. The van der Waals surface area contributed by atoms with Gasteiger partial charge in [-0.3, -0.25) is 4.57 Å². The fourth-order valence-corrected chi connectivity index (χ4v) is 2.83. The van der Waals surface area contributed by atoms with Gasteiger partial charge < -0.3 is 4.74 Å². The van der Waals surface area contributed by atoms with Crippen molar-refractivity contribution in [2.45, 2.75) is 12.1 Å². The van der Waals surface area contributed by atoms with Crippen molar-refractivity contribution in [3.63, 3.8) is 0 Å². The second-order valence-corrected chi connectivity index (χ2v) is 5.65. The van der Waals surface area contributed by atoms with Crippen LogP contribution in [-0.2, 0) is 0 Å². The van der Waals surface area contributed by atoms with Gasteiger partial charge in [-0.2, -0.15) is 0 Å². The molecule has 0 unspecified atom stereocenters. The molecule has 2 aromatic carbocycles. The molecule has 3 rings (SSSR count). The average Bonchev–Trinajstić information content (AvgIpc) is 2.99. The number of ether oxygens (including phenoxy) is 1. The van der Waals surface area contributed by atoms with Crippen LogP contribution < -0.4 is 4.74 Å². The van der Waals surface area contributed by atoms with Crippen molar-refractivity contribution >= 4 is 11.8 Å². The first-order valence-corrected chi connectivity index (χ1v) is 8.17. The highest BCUT2D eigenvalue weighted by molar-refractivity contribution is 7.98. The first kappa shape index (κ1) is 14.7. The summed E-state index contributed by atoms with van der Waals surface area (Å²) in [4.78, 5) is 0. The van der Waals surface area contributed by atoms with Gasteiger partial charge in [-0.1, -0.05) is 41.6 Å². The molecule has 1 aromatic heterocycles. The Bertz CT molecular complexity index is 781. The lowest BCUT2D eigenvalue weighted by Gasteiger charge is -2.12. The number of benzene rings is 2. The van der Waals surface area contributed by atoms with Gasteiger partial charge in [0.2, 0.25) is 0 Å². The second kappa shape index (κ2) is 6.23. The number of nitrogens with zero attached hydrogens (tertiary/aromatic N) is 3. The fourth-order valence-electron chi connectivity index (χ4n) is 2.33. The van der Waals surface area contributed by atoms with Gasteiger partial charge in [0.25, 0.3) is 0 Å². The minimum Gasteiger partial charge on any atom is -0.496 e. The maximum atomic E-state index is 5.46. The number of rotatable bonds is 4. The molecule has 0 radical (unpaired) electrons. The highest BCUT2D eigenvalue weighted by Gasteiger charge is 2.17. The monoisotopic (exact) mass is 311 g/mol. The number of aryl methyl sites for hydroxylation is 1. The summed E-state index contributed by atoms with van der Waals surface area (Å²) in [5.74, 6) is 1.57. The molecule has 4 nitrogen and oxygen atoms in total. The minimum atomic E-state index is 0.783. The van der Waals surface area contributed by atoms with Crippen LogP contribution in [0.1, 0.15) is 5.56 Å². The van der Waals surface area contributed by atoms with E-state index in [1.54, 1.807) is 18.9 Å². The van der Waals surface area contributed by atoms with Crippen molar-refractivity contribution in [3.05, 3.63) is 54.1 Å². The van der Waals surface area contributed by atoms with Crippen molar-refractivity contribution in [2.24, 2.45) is 0 Å². The van der Waals surface area contributed by atoms with Crippen LogP contribution >= 0.6 is 11.8 Å². The van der Waals surface area contributed by atoms with E-state index in [1.165, 1.54) is 5.56 Å². The maximum absolute atomic E-state index is 5.46. The van der Waals surface area contributed by atoms with Crippen LogP contribution in [0.3, 0.4) is 0 Å². The first-order chi connectivity index (χ1) is 10.7. The average molecular weight is 311 g/mol. The van der Waals surface area contributed by atoms with Crippen LogP contribution in [0.25, 0.3) is 17.1 Å². The number of aromatic nitrogens is 3. The summed E-state index contributed by atoms with van der Waals surface area (Å²) in [6.07, 6.45) is 2.00. The molecule has 112 valence electrons. The highest BCUT2D eigenvalue weighted by atomic mass is 32.2. The molecule has 0 atom stereocenters. The van der Waals surface area contributed by atoms with Crippen LogP contribution in [0.2, 0.25) is 0 Å². The quantitative estimate of drug-likeness (QED) is 0.683. The lowest BCUT2D eigenvalue weighted by Crippen LogP contribution is -2.00. The number of thioether (sulfide) groups is 1. The van der Waals surface area contributed by atoms with Crippen molar-refractivity contribution in [2.75, 3.05) is 13.4 Å². The molecule has 0 bridgehead atoms. The lowest BCUT2D eigenvalue weighted by atomic mass is 10.1. The predicted molar refractivity (Wildman–Crippen MR) is 89.9 cm³/mol. The van der Waals surface area contributed by atoms with Crippen LogP contribution in [0.5, 0.6) is 5.75 Å². The number of para-hydroxylation sites is 1. The van der Waals surface area contributed by atoms with E-state index < -0.39 is 0 Å². The Morgan fingerprint density at radius 1 is 1.00 bits per heavy atom. The van der Waals surface area contributed by atoms with E-state index in [4.69, 9.17) is 4.74 Å². The number of hydrogen-bond donors (Lipinski definition) is 0. The molecule has 0 saturated carbocycles. The third-order valence-electron chi connectivity index (χ3n) is 3.46. The van der Waals surface area contributed by atoms with Gasteiger partial charge in [0.05, 0.1) is 12.7 Å². The van der Waals surface area contributed by atoms with Crippen molar-refractivity contribution < 1.29 is 4.74 Å². The van der Waals surface area contributed by atoms with E-state index in [-0.39, 0.29) is 0 Å². The molecule has 0 spiro atoms. The Kier molecular flexibility index (Phi) is 4.15. The molecule has 22 heavy (non-hydrogen) atoms. The molecule has 5 heteroatoms. The number of hydrogen-bond acceptors (Lipinski definition) is 4. The SMILES string of the molecule is COc1ccccc1-c1nnc(SC)n1-c1ccc(C)cc1. The fraction of sp³-hybridized carbons (Fsp3) is 0.176. The molecular weight excluding hydrogens is 294 g/mol.